The predicted octanol–water partition coefficient (Wildman–Crippen LogP) is 8.67. The Morgan fingerprint density at radius 3 is 1.66 bits per heavy atom. The van der Waals surface area contributed by atoms with Crippen molar-refractivity contribution in [1.29, 1.82) is 0 Å². The van der Waals surface area contributed by atoms with Crippen molar-refractivity contribution in [1.82, 2.24) is 0 Å². The van der Waals surface area contributed by atoms with Crippen LogP contribution in [0.1, 0.15) is 61.6 Å². The second kappa shape index (κ2) is 11.8. The van der Waals surface area contributed by atoms with Gasteiger partial charge in [-0.1, -0.05) is 146 Å². The third-order valence-electron chi connectivity index (χ3n) is 6.74. The fourth-order valence-corrected chi connectivity index (χ4v) is 5.56. The van der Waals surface area contributed by atoms with Crippen LogP contribution in [-0.4, -0.2) is 6.10 Å². The second-order valence-corrected chi connectivity index (χ2v) is 9.55. The summed E-state index contributed by atoms with van der Waals surface area (Å²) in [6.45, 7) is 0. The molecule has 0 bridgehead atoms. The van der Waals surface area contributed by atoms with Crippen LogP contribution >= 0.6 is 22.6 Å². The van der Waals surface area contributed by atoms with E-state index in [-0.39, 0.29) is 6.10 Å². The molecule has 3 aromatic rings. The minimum Gasteiger partial charge on any atom is -0.354 e. The minimum atomic E-state index is -0.656. The first kappa shape index (κ1) is 23.3. The molecule has 166 valence electrons. The van der Waals surface area contributed by atoms with E-state index in [1.54, 1.807) is 0 Å². The van der Waals surface area contributed by atoms with Crippen molar-refractivity contribution in [3.05, 3.63) is 118 Å². The maximum atomic E-state index is 7.24. The number of rotatable bonds is 9. The van der Waals surface area contributed by atoms with Crippen molar-refractivity contribution >= 4 is 22.6 Å². The summed E-state index contributed by atoms with van der Waals surface area (Å²) < 4.78 is 9.36. The van der Waals surface area contributed by atoms with Gasteiger partial charge in [-0.15, -0.1) is 0 Å². The molecule has 1 unspecified atom stereocenters. The third-order valence-corrected chi connectivity index (χ3v) is 7.16. The third kappa shape index (κ3) is 5.52. The molecule has 4 rings (SSSR count). The summed E-state index contributed by atoms with van der Waals surface area (Å²) in [7, 11) is 0. The van der Waals surface area contributed by atoms with E-state index in [1.165, 1.54) is 55.2 Å². The first-order valence-electron chi connectivity index (χ1n) is 11.9. The summed E-state index contributed by atoms with van der Waals surface area (Å²) in [6.07, 6.45) is 11.5. The average Bonchev–Trinajstić information content (AvgIpc) is 2.88. The summed E-state index contributed by atoms with van der Waals surface area (Å²) in [5, 5.41) is 0. The quantitative estimate of drug-likeness (QED) is 0.196. The van der Waals surface area contributed by atoms with Crippen LogP contribution in [0.25, 0.3) is 0 Å². The molecule has 3 aromatic carbocycles. The molecular formula is C30H33IO. The molecule has 1 fully saturated rings. The van der Waals surface area contributed by atoms with Gasteiger partial charge in [0.1, 0.15) is 5.60 Å². The first-order valence-corrected chi connectivity index (χ1v) is 13.2. The van der Waals surface area contributed by atoms with E-state index in [2.05, 4.69) is 124 Å². The Balaban J connectivity index is 1.75. The van der Waals surface area contributed by atoms with Crippen molar-refractivity contribution in [2.24, 2.45) is 5.92 Å². The second-order valence-electron chi connectivity index (χ2n) is 8.84. The van der Waals surface area contributed by atoms with Gasteiger partial charge in [-0.05, 0) is 45.6 Å². The van der Waals surface area contributed by atoms with Gasteiger partial charge in [0.25, 0.3) is 0 Å². The number of halogens is 1. The highest BCUT2D eigenvalue weighted by Gasteiger charge is 2.39. The van der Waals surface area contributed by atoms with E-state index >= 15 is 0 Å². The zero-order valence-corrected chi connectivity index (χ0v) is 20.9. The molecular weight excluding hydrogens is 503 g/mol. The minimum absolute atomic E-state index is 0.0504. The molecule has 0 N–H and O–H groups in total. The fourth-order valence-electron chi connectivity index (χ4n) is 5.10. The van der Waals surface area contributed by atoms with Crippen LogP contribution in [0, 0.1) is 5.92 Å². The Morgan fingerprint density at radius 1 is 0.750 bits per heavy atom. The molecule has 0 spiro atoms. The van der Waals surface area contributed by atoms with E-state index in [0.717, 1.165) is 12.3 Å². The number of ether oxygens (including phenoxy) is 1. The Bertz CT molecular complexity index is 849. The number of hydrogen-bond donors (Lipinski definition) is 0. The molecule has 0 aromatic heterocycles. The average molecular weight is 536 g/mol. The normalized spacial score (nSPS) is 16.3. The Hall–Kier alpha value is -1.91. The summed E-state index contributed by atoms with van der Waals surface area (Å²) in [5.41, 5.74) is 2.85. The standard InChI is InChI=1S/C30H33IO/c31-24-23-29(22-21-25-13-5-1-6-14-25)32-30(26-15-7-2-8-16-26,27-17-9-3-10-18-27)28-19-11-4-12-20-28/h2-4,7-12,15-20,23-25,29H,1,5-6,13-14,21-22H2. The van der Waals surface area contributed by atoms with Crippen LogP contribution in [0.5, 0.6) is 0 Å². The largest absolute Gasteiger partial charge is 0.354 e. The molecule has 1 aliphatic rings. The molecule has 1 saturated carbocycles. The summed E-state index contributed by atoms with van der Waals surface area (Å²) in [6, 6.07) is 32.1. The van der Waals surface area contributed by atoms with Gasteiger partial charge in [0.15, 0.2) is 0 Å². The van der Waals surface area contributed by atoms with Crippen molar-refractivity contribution in [2.45, 2.75) is 56.7 Å². The monoisotopic (exact) mass is 536 g/mol. The molecule has 0 amide bonds. The first-order chi connectivity index (χ1) is 15.8. The predicted molar refractivity (Wildman–Crippen MR) is 143 cm³/mol. The molecule has 1 aliphatic carbocycles. The van der Waals surface area contributed by atoms with E-state index < -0.39 is 5.60 Å². The lowest BCUT2D eigenvalue weighted by Gasteiger charge is -2.39. The van der Waals surface area contributed by atoms with Crippen LogP contribution in [0.15, 0.2) is 101 Å². The van der Waals surface area contributed by atoms with E-state index in [0.29, 0.717) is 0 Å². The molecule has 0 saturated heterocycles. The number of benzene rings is 3. The van der Waals surface area contributed by atoms with Crippen LogP contribution in [0.4, 0.5) is 0 Å². The fraction of sp³-hybridized carbons (Fsp3) is 0.333. The van der Waals surface area contributed by atoms with E-state index in [4.69, 9.17) is 4.74 Å². The Labute approximate surface area is 207 Å². The van der Waals surface area contributed by atoms with Crippen LogP contribution in [0.2, 0.25) is 0 Å². The molecule has 2 heteroatoms. The molecule has 0 heterocycles. The van der Waals surface area contributed by atoms with Gasteiger partial charge < -0.3 is 4.74 Å². The lowest BCUT2D eigenvalue weighted by Crippen LogP contribution is -2.36. The molecule has 1 nitrogen and oxygen atoms in total. The Kier molecular flexibility index (Phi) is 8.58. The van der Waals surface area contributed by atoms with Crippen LogP contribution in [0.3, 0.4) is 0 Å². The summed E-state index contributed by atoms with van der Waals surface area (Å²) in [4.78, 5) is 0. The SMILES string of the molecule is IC=CC(CCC1CCCCC1)OC(c1ccccc1)(c1ccccc1)c1ccccc1. The molecule has 32 heavy (non-hydrogen) atoms. The van der Waals surface area contributed by atoms with E-state index in [1.807, 2.05) is 0 Å². The number of hydrogen-bond acceptors (Lipinski definition) is 1. The maximum absolute atomic E-state index is 7.24. The summed E-state index contributed by atoms with van der Waals surface area (Å²) in [5.74, 6) is 0.844. The highest BCUT2D eigenvalue weighted by Crippen LogP contribution is 2.42. The van der Waals surface area contributed by atoms with Gasteiger partial charge >= 0.3 is 0 Å². The maximum Gasteiger partial charge on any atom is 0.144 e. The smallest absolute Gasteiger partial charge is 0.144 e. The van der Waals surface area contributed by atoms with Crippen LogP contribution in [-0.2, 0) is 10.3 Å². The van der Waals surface area contributed by atoms with Gasteiger partial charge in [0.2, 0.25) is 0 Å². The van der Waals surface area contributed by atoms with Gasteiger partial charge in [-0.2, -0.15) is 0 Å². The van der Waals surface area contributed by atoms with Crippen LogP contribution < -0.4 is 0 Å². The lowest BCUT2D eigenvalue weighted by atomic mass is 9.79. The highest BCUT2D eigenvalue weighted by atomic mass is 127. The van der Waals surface area contributed by atoms with Crippen molar-refractivity contribution in [3.63, 3.8) is 0 Å². The zero-order chi connectivity index (χ0) is 22.1. The van der Waals surface area contributed by atoms with E-state index in [9.17, 15) is 0 Å². The topological polar surface area (TPSA) is 9.23 Å². The highest BCUT2D eigenvalue weighted by molar-refractivity contribution is 14.1. The molecule has 0 aliphatic heterocycles. The van der Waals surface area contributed by atoms with Crippen molar-refractivity contribution < 1.29 is 4.74 Å². The van der Waals surface area contributed by atoms with Gasteiger partial charge in [0, 0.05) is 0 Å². The van der Waals surface area contributed by atoms with Gasteiger partial charge in [-0.25, -0.2) is 0 Å². The zero-order valence-electron chi connectivity index (χ0n) is 18.7. The Morgan fingerprint density at radius 2 is 1.22 bits per heavy atom. The lowest BCUT2D eigenvalue weighted by molar-refractivity contribution is -0.0303. The van der Waals surface area contributed by atoms with Gasteiger partial charge in [0.05, 0.1) is 6.10 Å². The molecule has 1 atom stereocenters. The van der Waals surface area contributed by atoms with Crippen molar-refractivity contribution in [3.8, 4) is 0 Å². The molecule has 0 radical (unpaired) electrons. The van der Waals surface area contributed by atoms with Gasteiger partial charge in [-0.3, -0.25) is 0 Å². The van der Waals surface area contributed by atoms with Crippen molar-refractivity contribution in [2.75, 3.05) is 0 Å². The summed E-state index contributed by atoms with van der Waals surface area (Å²) >= 11 is 2.33.